The first kappa shape index (κ1) is 11.1. The normalized spacial score (nSPS) is 17.3. The van der Waals surface area contributed by atoms with Crippen molar-refractivity contribution in [2.24, 2.45) is 0 Å². The molecule has 0 saturated heterocycles. The molecule has 0 aliphatic carbocycles. The second-order valence-corrected chi connectivity index (χ2v) is 4.66. The van der Waals surface area contributed by atoms with Gasteiger partial charge in [0.2, 0.25) is 0 Å². The van der Waals surface area contributed by atoms with Gasteiger partial charge >= 0.3 is 5.97 Å². The summed E-state index contributed by atoms with van der Waals surface area (Å²) in [5, 5.41) is 2.18. The van der Waals surface area contributed by atoms with Crippen LogP contribution in [0.2, 0.25) is 0 Å². The first-order valence-corrected chi connectivity index (χ1v) is 6.04. The molecular formula is C15H14O3. The molecule has 3 rings (SSSR count). The second kappa shape index (κ2) is 4.02. The Kier molecular flexibility index (Phi) is 2.47. The van der Waals surface area contributed by atoms with Crippen molar-refractivity contribution >= 4 is 16.7 Å². The van der Waals surface area contributed by atoms with Crippen molar-refractivity contribution in [3.63, 3.8) is 0 Å². The monoisotopic (exact) mass is 242 g/mol. The summed E-state index contributed by atoms with van der Waals surface area (Å²) in [6.45, 7) is 3.46. The summed E-state index contributed by atoms with van der Waals surface area (Å²) in [7, 11) is 0. The first-order valence-electron chi connectivity index (χ1n) is 6.04. The second-order valence-electron chi connectivity index (χ2n) is 4.66. The van der Waals surface area contributed by atoms with Gasteiger partial charge in [-0.05, 0) is 36.1 Å². The van der Waals surface area contributed by atoms with Crippen molar-refractivity contribution < 1.29 is 14.3 Å². The van der Waals surface area contributed by atoms with E-state index < -0.39 is 0 Å². The van der Waals surface area contributed by atoms with E-state index in [2.05, 4.69) is 0 Å². The van der Waals surface area contributed by atoms with Gasteiger partial charge in [-0.2, -0.15) is 0 Å². The van der Waals surface area contributed by atoms with E-state index in [4.69, 9.17) is 9.47 Å². The van der Waals surface area contributed by atoms with Crippen LogP contribution >= 0.6 is 0 Å². The Morgan fingerprint density at radius 2 is 2.22 bits per heavy atom. The van der Waals surface area contributed by atoms with E-state index in [9.17, 15) is 4.79 Å². The minimum absolute atomic E-state index is 0.149. The summed E-state index contributed by atoms with van der Waals surface area (Å²) in [5.41, 5.74) is 1.18. The predicted octanol–water partition coefficient (Wildman–Crippen LogP) is 3.09. The maximum Gasteiger partial charge on any atom is 0.308 e. The third-order valence-electron chi connectivity index (χ3n) is 3.09. The van der Waals surface area contributed by atoms with E-state index in [1.807, 2.05) is 37.3 Å². The van der Waals surface area contributed by atoms with Crippen LogP contribution in [0.25, 0.3) is 10.8 Å². The van der Waals surface area contributed by atoms with Crippen LogP contribution in [0.1, 0.15) is 19.4 Å². The standard InChI is InChI=1S/C15H14O3/c1-9-6-12-8-13(18-10(2)16)7-11-4-3-5-14(17-9)15(11)12/h3-5,7-9H,6H2,1-2H3/t9-/m0/s1. The van der Waals surface area contributed by atoms with E-state index in [1.54, 1.807) is 0 Å². The fraction of sp³-hybridized carbons (Fsp3) is 0.267. The van der Waals surface area contributed by atoms with Crippen LogP contribution in [0.4, 0.5) is 0 Å². The van der Waals surface area contributed by atoms with Crippen LogP contribution in [-0.2, 0) is 11.2 Å². The molecule has 0 fully saturated rings. The van der Waals surface area contributed by atoms with Gasteiger partial charge in [0.1, 0.15) is 11.5 Å². The summed E-state index contributed by atoms with van der Waals surface area (Å²) in [5.74, 6) is 1.23. The van der Waals surface area contributed by atoms with Gasteiger partial charge in [-0.1, -0.05) is 12.1 Å². The summed E-state index contributed by atoms with van der Waals surface area (Å²) < 4.78 is 11.0. The van der Waals surface area contributed by atoms with Crippen molar-refractivity contribution in [3.8, 4) is 11.5 Å². The zero-order valence-electron chi connectivity index (χ0n) is 10.4. The number of esters is 1. The Balaban J connectivity index is 2.21. The molecule has 1 heterocycles. The maximum atomic E-state index is 11.0. The molecule has 1 atom stereocenters. The lowest BCUT2D eigenvalue weighted by molar-refractivity contribution is -0.131. The smallest absolute Gasteiger partial charge is 0.308 e. The molecule has 0 unspecified atom stereocenters. The van der Waals surface area contributed by atoms with Crippen LogP contribution in [-0.4, -0.2) is 12.1 Å². The van der Waals surface area contributed by atoms with Crippen LogP contribution in [0, 0.1) is 0 Å². The fourth-order valence-electron chi connectivity index (χ4n) is 2.50. The zero-order chi connectivity index (χ0) is 12.7. The molecule has 2 aromatic carbocycles. The topological polar surface area (TPSA) is 35.5 Å². The third kappa shape index (κ3) is 1.82. The highest BCUT2D eigenvalue weighted by molar-refractivity contribution is 5.93. The highest BCUT2D eigenvalue weighted by Gasteiger charge is 2.19. The lowest BCUT2D eigenvalue weighted by Crippen LogP contribution is -2.19. The lowest BCUT2D eigenvalue weighted by Gasteiger charge is -2.24. The number of carbonyl (C=O) groups is 1. The van der Waals surface area contributed by atoms with Gasteiger partial charge in [-0.3, -0.25) is 4.79 Å². The van der Waals surface area contributed by atoms with Crippen molar-refractivity contribution in [1.29, 1.82) is 0 Å². The summed E-state index contributed by atoms with van der Waals surface area (Å²) in [6.07, 6.45) is 0.985. The minimum atomic E-state index is -0.294. The van der Waals surface area contributed by atoms with Crippen LogP contribution in [0.3, 0.4) is 0 Å². The van der Waals surface area contributed by atoms with Gasteiger partial charge in [0, 0.05) is 18.7 Å². The van der Waals surface area contributed by atoms with Crippen LogP contribution < -0.4 is 9.47 Å². The third-order valence-corrected chi connectivity index (χ3v) is 3.09. The van der Waals surface area contributed by atoms with Crippen molar-refractivity contribution in [2.75, 3.05) is 0 Å². The predicted molar refractivity (Wildman–Crippen MR) is 69.1 cm³/mol. The van der Waals surface area contributed by atoms with Gasteiger partial charge in [-0.25, -0.2) is 0 Å². The maximum absolute atomic E-state index is 11.0. The van der Waals surface area contributed by atoms with Crippen LogP contribution in [0.5, 0.6) is 11.5 Å². The Morgan fingerprint density at radius 3 is 3.00 bits per heavy atom. The van der Waals surface area contributed by atoms with E-state index in [-0.39, 0.29) is 12.1 Å². The first-order chi connectivity index (χ1) is 8.63. The highest BCUT2D eigenvalue weighted by Crippen LogP contribution is 2.37. The van der Waals surface area contributed by atoms with E-state index in [0.29, 0.717) is 5.75 Å². The van der Waals surface area contributed by atoms with Gasteiger partial charge in [-0.15, -0.1) is 0 Å². The van der Waals surface area contributed by atoms with E-state index >= 15 is 0 Å². The number of hydrogen-bond acceptors (Lipinski definition) is 3. The highest BCUT2D eigenvalue weighted by atomic mass is 16.5. The summed E-state index contributed by atoms with van der Waals surface area (Å²) in [4.78, 5) is 11.0. The zero-order valence-corrected chi connectivity index (χ0v) is 10.4. The molecule has 92 valence electrons. The van der Waals surface area contributed by atoms with Gasteiger partial charge in [0.05, 0.1) is 6.10 Å². The largest absolute Gasteiger partial charge is 0.490 e. The Morgan fingerprint density at radius 1 is 1.39 bits per heavy atom. The minimum Gasteiger partial charge on any atom is -0.490 e. The molecule has 0 saturated carbocycles. The lowest BCUT2D eigenvalue weighted by atomic mass is 9.96. The summed E-state index contributed by atoms with van der Waals surface area (Å²) >= 11 is 0. The number of ether oxygens (including phenoxy) is 2. The molecule has 0 amide bonds. The van der Waals surface area contributed by atoms with Gasteiger partial charge < -0.3 is 9.47 Å². The molecule has 1 aliphatic heterocycles. The molecule has 3 nitrogen and oxygen atoms in total. The molecular weight excluding hydrogens is 228 g/mol. The average molecular weight is 242 g/mol. The Bertz CT molecular complexity index is 631. The quantitative estimate of drug-likeness (QED) is 0.569. The van der Waals surface area contributed by atoms with Crippen molar-refractivity contribution in [3.05, 3.63) is 35.9 Å². The molecule has 0 aromatic heterocycles. The molecule has 0 radical (unpaired) electrons. The van der Waals surface area contributed by atoms with E-state index in [1.165, 1.54) is 12.5 Å². The van der Waals surface area contributed by atoms with Crippen LogP contribution in [0.15, 0.2) is 30.3 Å². The molecule has 2 aromatic rings. The fourth-order valence-corrected chi connectivity index (χ4v) is 2.50. The molecule has 3 heteroatoms. The molecule has 18 heavy (non-hydrogen) atoms. The molecule has 0 bridgehead atoms. The van der Waals surface area contributed by atoms with Gasteiger partial charge in [0.15, 0.2) is 0 Å². The average Bonchev–Trinajstić information content (AvgIpc) is 2.27. The van der Waals surface area contributed by atoms with Gasteiger partial charge in [0.25, 0.3) is 0 Å². The molecule has 0 spiro atoms. The number of hydrogen-bond donors (Lipinski definition) is 0. The molecule has 1 aliphatic rings. The van der Waals surface area contributed by atoms with Crippen molar-refractivity contribution in [1.82, 2.24) is 0 Å². The Hall–Kier alpha value is -2.03. The Labute approximate surface area is 105 Å². The molecule has 0 N–H and O–H groups in total. The number of rotatable bonds is 1. The summed E-state index contributed by atoms with van der Waals surface area (Å²) in [6, 6.07) is 9.76. The SMILES string of the molecule is CC(=O)Oc1cc2c3c(cccc3c1)O[C@@H](C)C2. The number of benzene rings is 2. The number of carbonyl (C=O) groups excluding carboxylic acids is 1. The van der Waals surface area contributed by atoms with Crippen molar-refractivity contribution in [2.45, 2.75) is 26.4 Å². The van der Waals surface area contributed by atoms with E-state index in [0.717, 1.165) is 22.9 Å².